The van der Waals surface area contributed by atoms with Crippen LogP contribution in [0.15, 0.2) is 49.1 Å². The molecule has 11 nitrogen and oxygen atoms in total. The topological polar surface area (TPSA) is 136 Å². The number of ether oxygens (including phenoxy) is 1. The van der Waals surface area contributed by atoms with Gasteiger partial charge in [0, 0.05) is 30.0 Å². The van der Waals surface area contributed by atoms with Crippen molar-refractivity contribution in [3.63, 3.8) is 0 Å². The average Bonchev–Trinajstić information content (AvgIpc) is 3.49. The van der Waals surface area contributed by atoms with Gasteiger partial charge in [-0.2, -0.15) is 0 Å². The number of nitrogens with zero attached hydrogens (tertiary/aromatic N) is 6. The van der Waals surface area contributed by atoms with E-state index in [0.29, 0.717) is 47.5 Å². The smallest absolute Gasteiger partial charge is 0.251 e. The summed E-state index contributed by atoms with van der Waals surface area (Å²) in [7, 11) is 1.83. The van der Waals surface area contributed by atoms with Crippen LogP contribution in [0.25, 0.3) is 39.4 Å². The minimum Gasteiger partial charge on any atom is -0.370 e. The van der Waals surface area contributed by atoms with Crippen LogP contribution in [-0.2, 0) is 9.53 Å². The molecule has 0 unspecified atom stereocenters. The molecule has 0 fully saturated rings. The van der Waals surface area contributed by atoms with Gasteiger partial charge in [0.25, 0.3) is 5.91 Å². The molecule has 0 saturated heterocycles. The summed E-state index contributed by atoms with van der Waals surface area (Å²) in [5, 5.41) is 6.56. The lowest BCUT2D eigenvalue weighted by molar-refractivity contribution is -0.120. The molecule has 0 spiro atoms. The van der Waals surface area contributed by atoms with Gasteiger partial charge in [-0.3, -0.25) is 9.36 Å². The van der Waals surface area contributed by atoms with Gasteiger partial charge in [0.15, 0.2) is 22.8 Å². The number of pyridine rings is 2. The van der Waals surface area contributed by atoms with Crippen LogP contribution < -0.4 is 10.6 Å². The molecule has 5 rings (SSSR count). The van der Waals surface area contributed by atoms with Crippen molar-refractivity contribution in [2.75, 3.05) is 32.1 Å². The van der Waals surface area contributed by atoms with Crippen LogP contribution in [0.1, 0.15) is 5.69 Å². The minimum atomic E-state index is -0.270. The molecule has 5 heterocycles. The first-order valence-electron chi connectivity index (χ1n) is 10.8. The Labute approximate surface area is 194 Å². The third-order valence-corrected chi connectivity index (χ3v) is 5.21. The Hall–Kier alpha value is -4.22. The van der Waals surface area contributed by atoms with Crippen molar-refractivity contribution in [1.82, 2.24) is 39.8 Å². The predicted molar refractivity (Wildman–Crippen MR) is 128 cm³/mol. The van der Waals surface area contributed by atoms with Crippen LogP contribution in [0, 0.1) is 6.92 Å². The van der Waals surface area contributed by atoms with Crippen molar-refractivity contribution < 1.29 is 9.53 Å². The summed E-state index contributed by atoms with van der Waals surface area (Å²) in [5.41, 5.74) is 3.58. The van der Waals surface area contributed by atoms with E-state index in [9.17, 15) is 4.79 Å². The number of aryl methyl sites for hydroxylation is 1. The fourth-order valence-corrected chi connectivity index (χ4v) is 3.63. The molecular formula is C23H23N9O2. The molecule has 34 heavy (non-hydrogen) atoms. The van der Waals surface area contributed by atoms with Crippen molar-refractivity contribution in [1.29, 1.82) is 0 Å². The molecule has 172 valence electrons. The number of carbonyl (C=O) groups is 1. The van der Waals surface area contributed by atoms with Crippen LogP contribution in [0.3, 0.4) is 0 Å². The molecule has 0 saturated carbocycles. The van der Waals surface area contributed by atoms with Gasteiger partial charge in [0.1, 0.15) is 18.1 Å². The largest absolute Gasteiger partial charge is 0.370 e. The zero-order valence-electron chi connectivity index (χ0n) is 18.7. The van der Waals surface area contributed by atoms with E-state index in [-0.39, 0.29) is 12.5 Å². The highest BCUT2D eigenvalue weighted by Gasteiger charge is 2.17. The molecule has 0 radical (unpaired) electrons. The summed E-state index contributed by atoms with van der Waals surface area (Å²) >= 11 is 0. The van der Waals surface area contributed by atoms with Gasteiger partial charge in [-0.25, -0.2) is 24.9 Å². The van der Waals surface area contributed by atoms with Gasteiger partial charge in [-0.05, 0) is 38.2 Å². The number of anilines is 1. The Morgan fingerprint density at radius 3 is 2.91 bits per heavy atom. The lowest BCUT2D eigenvalue weighted by atomic mass is 10.3. The van der Waals surface area contributed by atoms with E-state index in [4.69, 9.17) is 9.72 Å². The van der Waals surface area contributed by atoms with E-state index in [1.54, 1.807) is 12.5 Å². The van der Waals surface area contributed by atoms with Crippen LogP contribution in [0.4, 0.5) is 5.82 Å². The number of hydrogen-bond donors (Lipinski definition) is 3. The van der Waals surface area contributed by atoms with Gasteiger partial charge in [0.05, 0.1) is 18.5 Å². The molecular weight excluding hydrogens is 434 g/mol. The van der Waals surface area contributed by atoms with Crippen LogP contribution in [0.2, 0.25) is 0 Å². The van der Waals surface area contributed by atoms with Crippen LogP contribution in [-0.4, -0.2) is 67.2 Å². The summed E-state index contributed by atoms with van der Waals surface area (Å²) in [6, 6.07) is 9.46. The first-order chi connectivity index (χ1) is 16.6. The number of fused-ring (bicyclic) bond motifs is 2. The molecule has 3 N–H and O–H groups in total. The summed E-state index contributed by atoms with van der Waals surface area (Å²) in [6.45, 7) is 2.99. The Balaban J connectivity index is 1.53. The highest BCUT2D eigenvalue weighted by molar-refractivity contribution is 6.01. The standard InChI is InChI=1S/C23H23N9O2/c1-14-4-3-5-16(28-14)21-30-22-19(26-13-27-22)23(31-21)32-10-7-15-17(32)6-8-25-20(15)29-18(33)12-34-11-9-24-2/h3-8,10,13,24H,9,11-12H2,1-2H3,(H,25,29,33)(H,26,27,30,31). The van der Waals surface area contributed by atoms with E-state index < -0.39 is 0 Å². The molecule has 0 aliphatic rings. The van der Waals surface area contributed by atoms with E-state index in [2.05, 4.69) is 35.6 Å². The Bertz CT molecular complexity index is 1470. The zero-order chi connectivity index (χ0) is 23.5. The maximum absolute atomic E-state index is 12.3. The number of likely N-dealkylation sites (N-methyl/N-ethyl adjacent to an activating group) is 1. The van der Waals surface area contributed by atoms with E-state index in [1.807, 2.05) is 55.1 Å². The predicted octanol–water partition coefficient (Wildman–Crippen LogP) is 2.24. The Kier molecular flexibility index (Phi) is 5.93. The first kappa shape index (κ1) is 21.6. The molecule has 0 atom stereocenters. The number of carbonyl (C=O) groups excluding carboxylic acids is 1. The summed E-state index contributed by atoms with van der Waals surface area (Å²) in [6.07, 6.45) is 5.10. The average molecular weight is 457 g/mol. The highest BCUT2D eigenvalue weighted by Crippen LogP contribution is 2.28. The van der Waals surface area contributed by atoms with Crippen LogP contribution in [0.5, 0.6) is 0 Å². The van der Waals surface area contributed by atoms with Crippen molar-refractivity contribution in [3.8, 4) is 17.3 Å². The number of nitrogens with one attached hydrogen (secondary N) is 3. The second-order valence-electron chi connectivity index (χ2n) is 7.62. The molecule has 5 aromatic rings. The molecule has 0 aliphatic heterocycles. The number of amides is 1. The van der Waals surface area contributed by atoms with Gasteiger partial charge < -0.3 is 20.4 Å². The number of aromatic nitrogens is 7. The van der Waals surface area contributed by atoms with Crippen LogP contribution >= 0.6 is 0 Å². The van der Waals surface area contributed by atoms with E-state index in [1.165, 1.54) is 0 Å². The van der Waals surface area contributed by atoms with Gasteiger partial charge in [0.2, 0.25) is 0 Å². The first-order valence-corrected chi connectivity index (χ1v) is 10.8. The maximum atomic E-state index is 12.3. The number of hydrogen-bond acceptors (Lipinski definition) is 8. The van der Waals surface area contributed by atoms with Crippen molar-refractivity contribution >= 4 is 33.8 Å². The van der Waals surface area contributed by atoms with Gasteiger partial charge in [-0.1, -0.05) is 6.07 Å². The van der Waals surface area contributed by atoms with Crippen molar-refractivity contribution in [2.45, 2.75) is 6.92 Å². The maximum Gasteiger partial charge on any atom is 0.251 e. The Morgan fingerprint density at radius 1 is 1.15 bits per heavy atom. The SMILES string of the molecule is CNCCOCC(=O)Nc1nccc2c1ccn2-c1nc(-c2cccc(C)n2)nc2[nH]cnc12. The quantitative estimate of drug-likeness (QED) is 0.302. The number of H-pyrrole nitrogens is 1. The lowest BCUT2D eigenvalue weighted by Gasteiger charge is -2.10. The van der Waals surface area contributed by atoms with Crippen molar-refractivity contribution in [2.24, 2.45) is 0 Å². The van der Waals surface area contributed by atoms with E-state index >= 15 is 0 Å². The van der Waals surface area contributed by atoms with Gasteiger partial charge >= 0.3 is 0 Å². The molecule has 0 aromatic carbocycles. The summed E-state index contributed by atoms with van der Waals surface area (Å²) < 4.78 is 7.26. The number of rotatable bonds is 8. The lowest BCUT2D eigenvalue weighted by Crippen LogP contribution is -2.22. The molecule has 11 heteroatoms. The fraction of sp³-hybridized carbons (Fsp3) is 0.217. The number of imidazole rings is 1. The van der Waals surface area contributed by atoms with E-state index in [0.717, 1.165) is 16.6 Å². The molecule has 0 bridgehead atoms. The zero-order valence-corrected chi connectivity index (χ0v) is 18.7. The minimum absolute atomic E-state index is 0.0485. The second-order valence-corrected chi connectivity index (χ2v) is 7.62. The fourth-order valence-electron chi connectivity index (χ4n) is 3.63. The summed E-state index contributed by atoms with van der Waals surface area (Å²) in [5.74, 6) is 1.26. The normalized spacial score (nSPS) is 11.4. The third kappa shape index (κ3) is 4.21. The molecule has 1 amide bonds. The monoisotopic (exact) mass is 457 g/mol. The summed E-state index contributed by atoms with van der Waals surface area (Å²) in [4.78, 5) is 38.1. The molecule has 5 aromatic heterocycles. The highest BCUT2D eigenvalue weighted by atomic mass is 16.5. The Morgan fingerprint density at radius 2 is 2.06 bits per heavy atom. The molecule has 0 aliphatic carbocycles. The third-order valence-electron chi connectivity index (χ3n) is 5.21. The number of aromatic amines is 1. The second kappa shape index (κ2) is 9.33. The van der Waals surface area contributed by atoms with Gasteiger partial charge in [-0.15, -0.1) is 0 Å². The van der Waals surface area contributed by atoms with Crippen molar-refractivity contribution in [3.05, 3.63) is 54.7 Å².